The maximum Gasteiger partial charge on any atom is 0.253 e. The van der Waals surface area contributed by atoms with E-state index in [2.05, 4.69) is 15.6 Å². The summed E-state index contributed by atoms with van der Waals surface area (Å²) in [5, 5.41) is 5.61. The lowest BCUT2D eigenvalue weighted by molar-refractivity contribution is -0.120. The number of amides is 2. The Hall–Kier alpha value is -3.63. The summed E-state index contributed by atoms with van der Waals surface area (Å²) in [5.74, 6) is -1.83. The van der Waals surface area contributed by atoms with Crippen molar-refractivity contribution in [3.63, 3.8) is 0 Å². The van der Waals surface area contributed by atoms with E-state index < -0.39 is 21.8 Å². The molecule has 35 heavy (non-hydrogen) atoms. The molecule has 0 aliphatic carbocycles. The molecule has 1 aromatic heterocycles. The van der Waals surface area contributed by atoms with Crippen molar-refractivity contribution in [1.29, 1.82) is 0 Å². The van der Waals surface area contributed by atoms with Crippen LogP contribution in [0.5, 0.6) is 0 Å². The highest BCUT2D eigenvalue weighted by Crippen LogP contribution is 2.25. The molecule has 4 rings (SSSR count). The van der Waals surface area contributed by atoms with Gasteiger partial charge in [0.2, 0.25) is 15.9 Å². The normalized spacial score (nSPS) is 16.4. The minimum absolute atomic E-state index is 0.000906. The number of para-hydroxylation sites is 1. The van der Waals surface area contributed by atoms with E-state index in [4.69, 9.17) is 0 Å². The summed E-state index contributed by atoms with van der Waals surface area (Å²) in [4.78, 5) is 29.8. The third-order valence-electron chi connectivity index (χ3n) is 5.81. The monoisotopic (exact) mass is 496 g/mol. The second-order valence-electron chi connectivity index (χ2n) is 8.23. The number of rotatable bonds is 7. The highest BCUT2D eigenvalue weighted by molar-refractivity contribution is 7.89. The topological polar surface area (TPSA) is 108 Å². The van der Waals surface area contributed by atoms with Crippen LogP contribution in [0.25, 0.3) is 0 Å². The zero-order chi connectivity index (χ0) is 24.8. The van der Waals surface area contributed by atoms with Gasteiger partial charge in [-0.3, -0.25) is 14.6 Å². The zero-order valence-corrected chi connectivity index (χ0v) is 19.7. The molecule has 2 amide bonds. The molecule has 3 aromatic rings. The smallest absolute Gasteiger partial charge is 0.253 e. The molecule has 8 nitrogen and oxygen atoms in total. The van der Waals surface area contributed by atoms with Crippen LogP contribution in [0, 0.1) is 11.7 Å². The van der Waals surface area contributed by atoms with Crippen molar-refractivity contribution < 1.29 is 22.4 Å². The van der Waals surface area contributed by atoms with Gasteiger partial charge in [0.25, 0.3) is 5.91 Å². The molecule has 0 radical (unpaired) electrons. The van der Waals surface area contributed by atoms with Crippen molar-refractivity contribution in [2.45, 2.75) is 24.3 Å². The van der Waals surface area contributed by atoms with Crippen LogP contribution in [0.2, 0.25) is 0 Å². The van der Waals surface area contributed by atoms with E-state index in [-0.39, 0.29) is 36.3 Å². The highest BCUT2D eigenvalue weighted by Gasteiger charge is 2.33. The molecule has 2 aromatic carbocycles. The van der Waals surface area contributed by atoms with Crippen LogP contribution in [-0.4, -0.2) is 42.6 Å². The van der Waals surface area contributed by atoms with Crippen LogP contribution in [0.1, 0.15) is 28.8 Å². The fourth-order valence-electron chi connectivity index (χ4n) is 3.94. The molecule has 10 heteroatoms. The van der Waals surface area contributed by atoms with Crippen LogP contribution in [0.4, 0.5) is 10.1 Å². The van der Waals surface area contributed by atoms with E-state index in [0.29, 0.717) is 24.1 Å². The molecular formula is C25H25FN4O4S. The number of anilines is 1. The van der Waals surface area contributed by atoms with Gasteiger partial charge in [-0.1, -0.05) is 18.2 Å². The lowest BCUT2D eigenvalue weighted by atomic mass is 9.98. The van der Waals surface area contributed by atoms with Gasteiger partial charge in [-0.2, -0.15) is 4.31 Å². The Labute approximate surface area is 203 Å². The number of hydrogen-bond acceptors (Lipinski definition) is 5. The van der Waals surface area contributed by atoms with Gasteiger partial charge in [0.15, 0.2) is 0 Å². The number of nitrogens with zero attached hydrogens (tertiary/aromatic N) is 2. The predicted molar refractivity (Wildman–Crippen MR) is 128 cm³/mol. The van der Waals surface area contributed by atoms with Gasteiger partial charge in [-0.15, -0.1) is 0 Å². The molecule has 0 saturated carbocycles. The van der Waals surface area contributed by atoms with Crippen LogP contribution >= 0.6 is 0 Å². The average molecular weight is 497 g/mol. The number of aromatic nitrogens is 1. The SMILES string of the molecule is O=C(NCc1cccnc1)c1ccccc1NC(=O)C1CCCN(S(=O)(=O)c2ccc(F)cc2)C1. The van der Waals surface area contributed by atoms with Crippen LogP contribution in [-0.2, 0) is 21.4 Å². The third kappa shape index (κ3) is 5.90. The van der Waals surface area contributed by atoms with E-state index >= 15 is 0 Å². The van der Waals surface area contributed by atoms with Gasteiger partial charge < -0.3 is 10.6 Å². The molecule has 182 valence electrons. The Morgan fingerprint density at radius 3 is 2.57 bits per heavy atom. The van der Waals surface area contributed by atoms with E-state index in [0.717, 1.165) is 17.7 Å². The largest absolute Gasteiger partial charge is 0.348 e. The maximum atomic E-state index is 13.2. The quantitative estimate of drug-likeness (QED) is 0.522. The van der Waals surface area contributed by atoms with Crippen molar-refractivity contribution in [3.05, 3.63) is 90.0 Å². The number of hydrogen-bond donors (Lipinski definition) is 2. The molecule has 1 atom stereocenters. The Bertz CT molecular complexity index is 1300. The van der Waals surface area contributed by atoms with Gasteiger partial charge in [0.05, 0.1) is 22.1 Å². The second kappa shape index (κ2) is 10.7. The molecule has 1 fully saturated rings. The first-order chi connectivity index (χ1) is 16.8. The first-order valence-electron chi connectivity index (χ1n) is 11.2. The van der Waals surface area contributed by atoms with E-state index in [1.807, 2.05) is 6.07 Å². The van der Waals surface area contributed by atoms with Crippen molar-refractivity contribution in [2.75, 3.05) is 18.4 Å². The summed E-state index contributed by atoms with van der Waals surface area (Å²) in [6.07, 6.45) is 4.32. The lowest BCUT2D eigenvalue weighted by Gasteiger charge is -2.31. The van der Waals surface area contributed by atoms with E-state index in [9.17, 15) is 22.4 Å². The number of sulfonamides is 1. The van der Waals surface area contributed by atoms with Gasteiger partial charge in [-0.05, 0) is 60.9 Å². The summed E-state index contributed by atoms with van der Waals surface area (Å²) in [6.45, 7) is 0.561. The summed E-state index contributed by atoms with van der Waals surface area (Å²) >= 11 is 0. The summed E-state index contributed by atoms with van der Waals surface area (Å²) in [7, 11) is -3.86. The number of halogens is 1. The minimum atomic E-state index is -3.86. The third-order valence-corrected chi connectivity index (χ3v) is 7.69. The van der Waals surface area contributed by atoms with Gasteiger partial charge in [0.1, 0.15) is 5.82 Å². The fourth-order valence-corrected chi connectivity index (χ4v) is 5.46. The summed E-state index contributed by atoms with van der Waals surface area (Å²) in [5.41, 5.74) is 1.49. The molecule has 1 unspecified atom stereocenters. The maximum absolute atomic E-state index is 13.2. The standard InChI is InChI=1S/C25H25FN4O4S/c26-20-9-11-21(12-10-20)35(33,34)30-14-4-6-19(17-30)24(31)29-23-8-2-1-7-22(23)25(32)28-16-18-5-3-13-27-15-18/h1-3,5,7-13,15,19H,4,6,14,16-17H2,(H,28,32)(H,29,31). The van der Waals surface area contributed by atoms with E-state index in [1.165, 1.54) is 16.4 Å². The Morgan fingerprint density at radius 1 is 1.06 bits per heavy atom. The number of carbonyl (C=O) groups is 2. The molecule has 0 spiro atoms. The molecule has 1 aliphatic rings. The molecule has 1 aliphatic heterocycles. The number of benzene rings is 2. The molecular weight excluding hydrogens is 471 g/mol. The summed E-state index contributed by atoms with van der Waals surface area (Å²) in [6, 6.07) is 14.9. The predicted octanol–water partition coefficient (Wildman–Crippen LogP) is 3.19. The second-order valence-corrected chi connectivity index (χ2v) is 10.2. The Morgan fingerprint density at radius 2 is 1.83 bits per heavy atom. The Balaban J connectivity index is 1.43. The molecule has 2 N–H and O–H groups in total. The minimum Gasteiger partial charge on any atom is -0.348 e. The van der Waals surface area contributed by atoms with Gasteiger partial charge >= 0.3 is 0 Å². The number of carbonyl (C=O) groups excluding carboxylic acids is 2. The first-order valence-corrected chi connectivity index (χ1v) is 12.6. The fraction of sp³-hybridized carbons (Fsp3) is 0.240. The molecule has 0 bridgehead atoms. The molecule has 2 heterocycles. The van der Waals surface area contributed by atoms with Crippen LogP contribution in [0.15, 0.2) is 78.0 Å². The number of piperidine rings is 1. The van der Waals surface area contributed by atoms with E-state index in [1.54, 1.807) is 42.7 Å². The Kier molecular flexibility index (Phi) is 7.52. The van der Waals surface area contributed by atoms with Crippen LogP contribution in [0.3, 0.4) is 0 Å². The lowest BCUT2D eigenvalue weighted by Crippen LogP contribution is -2.43. The van der Waals surface area contributed by atoms with Crippen molar-refractivity contribution in [2.24, 2.45) is 5.92 Å². The van der Waals surface area contributed by atoms with Gasteiger partial charge in [0, 0.05) is 32.0 Å². The first kappa shape index (κ1) is 24.5. The van der Waals surface area contributed by atoms with Gasteiger partial charge in [-0.25, -0.2) is 12.8 Å². The van der Waals surface area contributed by atoms with Crippen molar-refractivity contribution in [3.8, 4) is 0 Å². The molecule has 1 saturated heterocycles. The highest BCUT2D eigenvalue weighted by atomic mass is 32.2. The van der Waals surface area contributed by atoms with Crippen molar-refractivity contribution >= 4 is 27.5 Å². The average Bonchev–Trinajstić information content (AvgIpc) is 2.88. The number of nitrogens with one attached hydrogen (secondary N) is 2. The zero-order valence-electron chi connectivity index (χ0n) is 18.9. The van der Waals surface area contributed by atoms with Crippen LogP contribution < -0.4 is 10.6 Å². The number of pyridine rings is 1. The van der Waals surface area contributed by atoms with Crippen molar-refractivity contribution in [1.82, 2.24) is 14.6 Å². The summed E-state index contributed by atoms with van der Waals surface area (Å²) < 4.78 is 40.4.